The summed E-state index contributed by atoms with van der Waals surface area (Å²) in [6.07, 6.45) is -3.57. The van der Waals surface area contributed by atoms with Crippen LogP contribution in [-0.4, -0.2) is 30.8 Å². The lowest BCUT2D eigenvalue weighted by molar-refractivity contribution is -0.137. The van der Waals surface area contributed by atoms with Crippen LogP contribution >= 0.6 is 0 Å². The molecule has 1 aliphatic heterocycles. The van der Waals surface area contributed by atoms with Crippen molar-refractivity contribution in [1.82, 2.24) is 5.32 Å². The second-order valence-corrected chi connectivity index (χ2v) is 5.18. The molecule has 1 fully saturated rings. The Labute approximate surface area is 120 Å². The van der Waals surface area contributed by atoms with E-state index in [1.54, 1.807) is 0 Å². The third-order valence-electron chi connectivity index (χ3n) is 3.62. The SMILES string of the molecule is O=C(O)NCC1CCCN(c2ccc(C(F)(F)F)cc2)C1. The highest BCUT2D eigenvalue weighted by atomic mass is 19.4. The summed E-state index contributed by atoms with van der Waals surface area (Å²) in [6, 6.07) is 5.09. The van der Waals surface area contributed by atoms with E-state index in [4.69, 9.17) is 5.11 Å². The number of hydrogen-bond donors (Lipinski definition) is 2. The van der Waals surface area contributed by atoms with Crippen molar-refractivity contribution in [1.29, 1.82) is 0 Å². The van der Waals surface area contributed by atoms with Crippen LogP contribution in [0.3, 0.4) is 0 Å². The summed E-state index contributed by atoms with van der Waals surface area (Å²) in [4.78, 5) is 12.5. The largest absolute Gasteiger partial charge is 0.465 e. The van der Waals surface area contributed by atoms with E-state index in [0.29, 0.717) is 13.1 Å². The molecule has 1 aliphatic rings. The molecule has 0 saturated carbocycles. The first-order valence-corrected chi connectivity index (χ1v) is 6.75. The molecule has 1 atom stereocenters. The molecule has 0 bridgehead atoms. The van der Waals surface area contributed by atoms with Crippen LogP contribution in [-0.2, 0) is 6.18 Å². The Morgan fingerprint density at radius 1 is 1.33 bits per heavy atom. The van der Waals surface area contributed by atoms with Crippen LogP contribution in [0.1, 0.15) is 18.4 Å². The molecule has 0 aliphatic carbocycles. The monoisotopic (exact) mass is 302 g/mol. The zero-order valence-corrected chi connectivity index (χ0v) is 11.4. The van der Waals surface area contributed by atoms with E-state index >= 15 is 0 Å². The first-order valence-electron chi connectivity index (χ1n) is 6.75. The van der Waals surface area contributed by atoms with Gasteiger partial charge in [-0.05, 0) is 43.0 Å². The molecule has 1 saturated heterocycles. The van der Waals surface area contributed by atoms with Crippen LogP contribution in [0.4, 0.5) is 23.7 Å². The average Bonchev–Trinajstić information content (AvgIpc) is 2.45. The zero-order valence-electron chi connectivity index (χ0n) is 11.4. The number of anilines is 1. The van der Waals surface area contributed by atoms with E-state index in [2.05, 4.69) is 5.32 Å². The second kappa shape index (κ2) is 6.24. The number of nitrogens with one attached hydrogen (secondary N) is 1. The molecular weight excluding hydrogens is 285 g/mol. The molecule has 116 valence electrons. The minimum absolute atomic E-state index is 0.178. The van der Waals surface area contributed by atoms with Gasteiger partial charge in [-0.15, -0.1) is 0 Å². The summed E-state index contributed by atoms with van der Waals surface area (Å²) >= 11 is 0. The van der Waals surface area contributed by atoms with Gasteiger partial charge in [-0.3, -0.25) is 0 Å². The molecule has 0 aromatic heterocycles. The van der Waals surface area contributed by atoms with Gasteiger partial charge >= 0.3 is 12.3 Å². The third kappa shape index (κ3) is 4.27. The Morgan fingerprint density at radius 2 is 2.00 bits per heavy atom. The van der Waals surface area contributed by atoms with Crippen LogP contribution < -0.4 is 10.2 Å². The first kappa shape index (κ1) is 15.5. The summed E-state index contributed by atoms with van der Waals surface area (Å²) in [6.45, 7) is 1.78. The number of carboxylic acid groups (broad SMARTS) is 1. The van der Waals surface area contributed by atoms with Gasteiger partial charge in [-0.25, -0.2) is 4.79 Å². The molecule has 1 heterocycles. The fraction of sp³-hybridized carbons (Fsp3) is 0.500. The quantitative estimate of drug-likeness (QED) is 0.901. The lowest BCUT2D eigenvalue weighted by Gasteiger charge is -2.34. The molecule has 0 radical (unpaired) electrons. The molecule has 21 heavy (non-hydrogen) atoms. The Bertz CT molecular complexity index is 488. The van der Waals surface area contributed by atoms with Crippen molar-refractivity contribution in [2.24, 2.45) is 5.92 Å². The predicted octanol–water partition coefficient (Wildman–Crippen LogP) is 3.19. The molecule has 1 aromatic rings. The van der Waals surface area contributed by atoms with Gasteiger partial charge in [0.1, 0.15) is 0 Å². The smallest absolute Gasteiger partial charge is 0.416 e. The number of nitrogens with zero attached hydrogens (tertiary/aromatic N) is 1. The van der Waals surface area contributed by atoms with Crippen LogP contribution in [0.5, 0.6) is 0 Å². The predicted molar refractivity (Wildman–Crippen MR) is 72.4 cm³/mol. The number of carbonyl (C=O) groups is 1. The van der Waals surface area contributed by atoms with Gasteiger partial charge in [0.2, 0.25) is 0 Å². The van der Waals surface area contributed by atoms with E-state index in [-0.39, 0.29) is 5.92 Å². The normalized spacial score (nSPS) is 19.4. The summed E-state index contributed by atoms with van der Waals surface area (Å²) in [5.74, 6) is 0.178. The molecule has 0 spiro atoms. The lowest BCUT2D eigenvalue weighted by atomic mass is 9.97. The van der Waals surface area contributed by atoms with Crippen LogP contribution in [0.15, 0.2) is 24.3 Å². The molecule has 7 heteroatoms. The van der Waals surface area contributed by atoms with Gasteiger partial charge in [0.15, 0.2) is 0 Å². The maximum atomic E-state index is 12.5. The number of amides is 1. The Morgan fingerprint density at radius 3 is 2.57 bits per heavy atom. The van der Waals surface area contributed by atoms with Gasteiger partial charge in [0.25, 0.3) is 0 Å². The van der Waals surface area contributed by atoms with E-state index < -0.39 is 17.8 Å². The van der Waals surface area contributed by atoms with Gasteiger partial charge in [0.05, 0.1) is 5.56 Å². The highest BCUT2D eigenvalue weighted by molar-refractivity contribution is 5.64. The van der Waals surface area contributed by atoms with Crippen LogP contribution in [0.2, 0.25) is 0 Å². The van der Waals surface area contributed by atoms with E-state index in [0.717, 1.165) is 37.2 Å². The Kier molecular flexibility index (Phi) is 4.59. The van der Waals surface area contributed by atoms with E-state index in [1.165, 1.54) is 12.1 Å². The molecule has 4 nitrogen and oxygen atoms in total. The maximum absolute atomic E-state index is 12.5. The summed E-state index contributed by atoms with van der Waals surface area (Å²) in [5.41, 5.74) is 0.0791. The summed E-state index contributed by atoms with van der Waals surface area (Å²) in [5, 5.41) is 11.0. The minimum Gasteiger partial charge on any atom is -0.465 e. The van der Waals surface area contributed by atoms with Crippen molar-refractivity contribution >= 4 is 11.8 Å². The second-order valence-electron chi connectivity index (χ2n) is 5.18. The van der Waals surface area contributed by atoms with Crippen LogP contribution in [0.25, 0.3) is 0 Å². The molecule has 2 N–H and O–H groups in total. The van der Waals surface area contributed by atoms with Crippen molar-refractivity contribution in [3.8, 4) is 0 Å². The number of piperidine rings is 1. The number of alkyl halides is 3. The molecule has 1 aromatic carbocycles. The van der Waals surface area contributed by atoms with Gasteiger partial charge in [-0.1, -0.05) is 0 Å². The van der Waals surface area contributed by atoms with E-state index in [1.807, 2.05) is 4.90 Å². The minimum atomic E-state index is -4.33. The van der Waals surface area contributed by atoms with Crippen molar-refractivity contribution in [2.75, 3.05) is 24.5 Å². The van der Waals surface area contributed by atoms with E-state index in [9.17, 15) is 18.0 Å². The van der Waals surface area contributed by atoms with Crippen molar-refractivity contribution < 1.29 is 23.1 Å². The number of hydrogen-bond acceptors (Lipinski definition) is 2. The Hall–Kier alpha value is -1.92. The third-order valence-corrected chi connectivity index (χ3v) is 3.62. The molecular formula is C14H17F3N2O2. The highest BCUT2D eigenvalue weighted by Gasteiger charge is 2.30. The number of benzene rings is 1. The average molecular weight is 302 g/mol. The van der Waals surface area contributed by atoms with Crippen molar-refractivity contribution in [2.45, 2.75) is 19.0 Å². The number of rotatable bonds is 3. The van der Waals surface area contributed by atoms with Gasteiger partial charge in [0, 0.05) is 25.3 Å². The highest BCUT2D eigenvalue weighted by Crippen LogP contribution is 2.31. The first-order chi connectivity index (χ1) is 9.86. The van der Waals surface area contributed by atoms with Crippen molar-refractivity contribution in [3.63, 3.8) is 0 Å². The Balaban J connectivity index is 1.99. The lowest BCUT2D eigenvalue weighted by Crippen LogP contribution is -2.40. The van der Waals surface area contributed by atoms with Crippen LogP contribution in [0, 0.1) is 5.92 Å². The molecule has 1 unspecified atom stereocenters. The molecule has 1 amide bonds. The zero-order chi connectivity index (χ0) is 15.5. The fourth-order valence-electron chi connectivity index (χ4n) is 2.56. The van der Waals surface area contributed by atoms with Gasteiger partial charge in [-0.2, -0.15) is 13.2 Å². The van der Waals surface area contributed by atoms with Gasteiger partial charge < -0.3 is 15.3 Å². The van der Waals surface area contributed by atoms with Crippen molar-refractivity contribution in [3.05, 3.63) is 29.8 Å². The maximum Gasteiger partial charge on any atom is 0.416 e. The standard InChI is InChI=1S/C14H17F3N2O2/c15-14(16,17)11-3-5-12(6-4-11)19-7-1-2-10(9-19)8-18-13(20)21/h3-6,10,18H,1-2,7-9H2,(H,20,21). The summed E-state index contributed by atoms with van der Waals surface area (Å²) in [7, 11) is 0. The summed E-state index contributed by atoms with van der Waals surface area (Å²) < 4.78 is 37.6. The fourth-order valence-corrected chi connectivity index (χ4v) is 2.56. The molecule has 2 rings (SSSR count). The topological polar surface area (TPSA) is 52.6 Å². The number of halogens is 3.